The fraction of sp³-hybridized carbons (Fsp3) is 0.417. The van der Waals surface area contributed by atoms with Gasteiger partial charge in [0.05, 0.1) is 10.8 Å². The third-order valence-corrected chi connectivity index (χ3v) is 5.19. The van der Waals surface area contributed by atoms with Crippen molar-refractivity contribution in [3.8, 4) is 0 Å². The number of rotatable bonds is 3. The zero-order valence-corrected chi connectivity index (χ0v) is 11.1. The van der Waals surface area contributed by atoms with E-state index in [4.69, 9.17) is 10.8 Å². The van der Waals surface area contributed by atoms with E-state index in [1.807, 2.05) is 0 Å². The molecule has 1 aliphatic rings. The van der Waals surface area contributed by atoms with Crippen LogP contribution in [0, 0.1) is 5.92 Å². The number of anilines is 1. The minimum absolute atomic E-state index is 0.154. The first-order chi connectivity index (χ1) is 8.91. The molecule has 0 unspecified atom stereocenters. The highest BCUT2D eigenvalue weighted by Crippen LogP contribution is 2.24. The second-order valence-corrected chi connectivity index (χ2v) is 6.53. The predicted molar refractivity (Wildman–Crippen MR) is 70.0 cm³/mol. The van der Waals surface area contributed by atoms with Crippen LogP contribution in [0.3, 0.4) is 0 Å². The number of hydrogen-bond acceptors (Lipinski definition) is 4. The van der Waals surface area contributed by atoms with Crippen LogP contribution in [0.15, 0.2) is 29.2 Å². The summed E-state index contributed by atoms with van der Waals surface area (Å²) < 4.78 is 26.0. The number of carboxylic acid groups (broad SMARTS) is 1. The van der Waals surface area contributed by atoms with Crippen molar-refractivity contribution in [1.29, 1.82) is 0 Å². The van der Waals surface area contributed by atoms with Gasteiger partial charge in [0.25, 0.3) is 0 Å². The van der Waals surface area contributed by atoms with Gasteiger partial charge in [-0.15, -0.1) is 0 Å². The number of nitrogen functional groups attached to an aromatic ring is 1. The molecule has 1 aliphatic heterocycles. The van der Waals surface area contributed by atoms with Gasteiger partial charge in [-0.25, -0.2) is 8.42 Å². The lowest BCUT2D eigenvalue weighted by molar-refractivity contribution is -0.142. The highest BCUT2D eigenvalue weighted by atomic mass is 32.2. The van der Waals surface area contributed by atoms with Gasteiger partial charge in [-0.2, -0.15) is 4.31 Å². The molecular weight excluding hydrogens is 268 g/mol. The van der Waals surface area contributed by atoms with Crippen LogP contribution in [0.1, 0.15) is 12.8 Å². The predicted octanol–water partition coefficient (Wildman–Crippen LogP) is 0.754. The van der Waals surface area contributed by atoms with Gasteiger partial charge >= 0.3 is 5.97 Å². The van der Waals surface area contributed by atoms with E-state index in [0.29, 0.717) is 18.5 Å². The van der Waals surface area contributed by atoms with Gasteiger partial charge in [-0.05, 0) is 31.0 Å². The Morgan fingerprint density at radius 1 is 1.32 bits per heavy atom. The minimum Gasteiger partial charge on any atom is -0.481 e. The number of carbonyl (C=O) groups is 1. The lowest BCUT2D eigenvalue weighted by atomic mass is 9.99. The molecule has 104 valence electrons. The van der Waals surface area contributed by atoms with Crippen LogP contribution in [0.5, 0.6) is 0 Å². The molecule has 0 amide bonds. The molecule has 19 heavy (non-hydrogen) atoms. The summed E-state index contributed by atoms with van der Waals surface area (Å²) in [4.78, 5) is 11.0. The Balaban J connectivity index is 2.16. The molecule has 3 N–H and O–H groups in total. The summed E-state index contributed by atoms with van der Waals surface area (Å²) in [5.74, 6) is -1.31. The van der Waals surface area contributed by atoms with Gasteiger partial charge in [0.15, 0.2) is 0 Å². The molecule has 1 fully saturated rings. The van der Waals surface area contributed by atoms with Gasteiger partial charge in [-0.1, -0.05) is 6.07 Å². The van der Waals surface area contributed by atoms with Gasteiger partial charge in [0, 0.05) is 18.8 Å². The summed E-state index contributed by atoms with van der Waals surface area (Å²) in [5.41, 5.74) is 5.98. The molecule has 1 saturated heterocycles. The molecule has 7 heteroatoms. The van der Waals surface area contributed by atoms with Crippen LogP contribution in [-0.2, 0) is 14.8 Å². The van der Waals surface area contributed by atoms with Crippen molar-refractivity contribution in [3.63, 3.8) is 0 Å². The van der Waals surface area contributed by atoms with E-state index in [1.165, 1.54) is 16.4 Å². The Bertz CT molecular complexity index is 577. The Labute approximate surface area is 111 Å². The Morgan fingerprint density at radius 2 is 1.95 bits per heavy atom. The van der Waals surface area contributed by atoms with E-state index in [-0.39, 0.29) is 18.0 Å². The van der Waals surface area contributed by atoms with Crippen molar-refractivity contribution in [3.05, 3.63) is 24.3 Å². The number of nitrogens with two attached hydrogens (primary N) is 1. The molecule has 1 heterocycles. The summed E-state index contributed by atoms with van der Waals surface area (Å²) in [6, 6.07) is 6.12. The number of hydrogen-bond donors (Lipinski definition) is 2. The maximum atomic E-state index is 12.3. The smallest absolute Gasteiger partial charge is 0.306 e. The number of benzene rings is 1. The summed E-state index contributed by atoms with van der Waals surface area (Å²) in [7, 11) is -3.57. The quantitative estimate of drug-likeness (QED) is 0.798. The molecule has 0 atom stereocenters. The zero-order valence-electron chi connectivity index (χ0n) is 10.3. The van der Waals surface area contributed by atoms with Crippen molar-refractivity contribution in [2.24, 2.45) is 5.92 Å². The number of piperidine rings is 1. The van der Waals surface area contributed by atoms with E-state index in [1.54, 1.807) is 12.1 Å². The first-order valence-corrected chi connectivity index (χ1v) is 7.44. The number of sulfonamides is 1. The van der Waals surface area contributed by atoms with Gasteiger partial charge in [-0.3, -0.25) is 4.79 Å². The molecule has 6 nitrogen and oxygen atoms in total. The van der Waals surface area contributed by atoms with Crippen LogP contribution in [-0.4, -0.2) is 36.9 Å². The maximum Gasteiger partial charge on any atom is 0.306 e. The zero-order chi connectivity index (χ0) is 14.0. The third kappa shape index (κ3) is 2.87. The third-order valence-electron chi connectivity index (χ3n) is 3.30. The monoisotopic (exact) mass is 284 g/mol. The molecule has 0 saturated carbocycles. The number of carboxylic acids is 1. The molecule has 0 radical (unpaired) electrons. The molecule has 1 aromatic rings. The fourth-order valence-corrected chi connectivity index (χ4v) is 3.69. The van der Waals surface area contributed by atoms with Crippen molar-refractivity contribution < 1.29 is 18.3 Å². The summed E-state index contributed by atoms with van der Waals surface area (Å²) in [6.45, 7) is 0.461. The normalized spacial score (nSPS) is 18.3. The molecule has 0 aliphatic carbocycles. The van der Waals surface area contributed by atoms with Crippen LogP contribution in [0.2, 0.25) is 0 Å². The number of aliphatic carboxylic acids is 1. The summed E-state index contributed by atoms with van der Waals surface area (Å²) >= 11 is 0. The molecule has 0 bridgehead atoms. The Hall–Kier alpha value is -1.60. The Kier molecular flexibility index (Phi) is 3.77. The minimum atomic E-state index is -3.57. The van der Waals surface area contributed by atoms with Crippen LogP contribution in [0.4, 0.5) is 5.69 Å². The highest BCUT2D eigenvalue weighted by molar-refractivity contribution is 7.89. The average molecular weight is 284 g/mol. The summed E-state index contributed by atoms with van der Waals surface area (Å²) in [6.07, 6.45) is 0.688. The largest absolute Gasteiger partial charge is 0.481 e. The molecule has 2 rings (SSSR count). The van der Waals surface area contributed by atoms with Crippen molar-refractivity contribution in [1.82, 2.24) is 4.31 Å². The fourth-order valence-electron chi connectivity index (χ4n) is 2.17. The van der Waals surface area contributed by atoms with Crippen LogP contribution >= 0.6 is 0 Å². The topological polar surface area (TPSA) is 101 Å². The lowest BCUT2D eigenvalue weighted by Crippen LogP contribution is -2.40. The standard InChI is InChI=1S/C12H16N2O4S/c13-10-2-1-3-11(8-10)19(17,18)14-6-4-9(5-7-14)12(15)16/h1-3,8-9H,4-7,13H2,(H,15,16). The summed E-state index contributed by atoms with van der Waals surface area (Å²) in [5, 5.41) is 8.90. The van der Waals surface area contributed by atoms with E-state index in [0.717, 1.165) is 0 Å². The van der Waals surface area contributed by atoms with Gasteiger partial charge in [0.2, 0.25) is 10.0 Å². The van der Waals surface area contributed by atoms with Gasteiger partial charge in [0.1, 0.15) is 0 Å². The second-order valence-electron chi connectivity index (χ2n) is 4.59. The maximum absolute atomic E-state index is 12.3. The van der Waals surface area contributed by atoms with Crippen LogP contribution in [0.25, 0.3) is 0 Å². The second kappa shape index (κ2) is 5.18. The van der Waals surface area contributed by atoms with Crippen LogP contribution < -0.4 is 5.73 Å². The van der Waals surface area contributed by atoms with Crippen molar-refractivity contribution >= 4 is 21.7 Å². The first-order valence-electron chi connectivity index (χ1n) is 6.00. The SMILES string of the molecule is Nc1cccc(S(=O)(=O)N2CCC(C(=O)O)CC2)c1. The van der Waals surface area contributed by atoms with E-state index in [2.05, 4.69) is 0 Å². The van der Waals surface area contributed by atoms with E-state index >= 15 is 0 Å². The average Bonchev–Trinajstić information content (AvgIpc) is 2.39. The van der Waals surface area contributed by atoms with Gasteiger partial charge < -0.3 is 10.8 Å². The number of nitrogens with zero attached hydrogens (tertiary/aromatic N) is 1. The molecule has 0 spiro atoms. The van der Waals surface area contributed by atoms with E-state index < -0.39 is 21.9 Å². The molecule has 0 aromatic heterocycles. The highest BCUT2D eigenvalue weighted by Gasteiger charge is 2.31. The van der Waals surface area contributed by atoms with Crippen molar-refractivity contribution in [2.45, 2.75) is 17.7 Å². The molecular formula is C12H16N2O4S. The van der Waals surface area contributed by atoms with Crippen molar-refractivity contribution in [2.75, 3.05) is 18.8 Å². The first kappa shape index (κ1) is 13.8. The molecule has 1 aromatic carbocycles. The Morgan fingerprint density at radius 3 is 2.47 bits per heavy atom. The lowest BCUT2D eigenvalue weighted by Gasteiger charge is -2.29. The van der Waals surface area contributed by atoms with E-state index in [9.17, 15) is 13.2 Å².